The highest BCUT2D eigenvalue weighted by Crippen LogP contribution is 2.19. The van der Waals surface area contributed by atoms with Crippen LogP contribution in [-0.2, 0) is 11.3 Å². The molecule has 0 bridgehead atoms. The van der Waals surface area contributed by atoms with Crippen molar-refractivity contribution < 1.29 is 9.47 Å². The Hall–Kier alpha value is -1.75. The topological polar surface area (TPSA) is 46.1 Å². The predicted molar refractivity (Wildman–Crippen MR) is 98.6 cm³/mol. The summed E-state index contributed by atoms with van der Waals surface area (Å²) in [6.45, 7) is 6.43. The largest absolute Gasteiger partial charge is 0.496 e. The second-order valence-corrected chi connectivity index (χ2v) is 6.25. The van der Waals surface area contributed by atoms with Gasteiger partial charge in [-0.25, -0.2) is 4.99 Å². The first-order valence-electron chi connectivity index (χ1n) is 8.93. The quantitative estimate of drug-likeness (QED) is 0.616. The molecule has 1 aromatic rings. The molecular formula is C19H31N3O2. The van der Waals surface area contributed by atoms with Gasteiger partial charge >= 0.3 is 0 Å². The Morgan fingerprint density at radius 1 is 1.33 bits per heavy atom. The van der Waals surface area contributed by atoms with Crippen molar-refractivity contribution in [1.29, 1.82) is 0 Å². The van der Waals surface area contributed by atoms with Gasteiger partial charge in [-0.1, -0.05) is 18.2 Å². The summed E-state index contributed by atoms with van der Waals surface area (Å²) in [6.07, 6.45) is 3.56. The Morgan fingerprint density at radius 3 is 2.79 bits per heavy atom. The zero-order chi connectivity index (χ0) is 17.2. The van der Waals surface area contributed by atoms with Crippen LogP contribution in [0.4, 0.5) is 0 Å². The lowest BCUT2D eigenvalue weighted by molar-refractivity contribution is 0.0625. The summed E-state index contributed by atoms with van der Waals surface area (Å²) in [5.74, 6) is 2.62. The highest BCUT2D eigenvalue weighted by Gasteiger charge is 2.15. The van der Waals surface area contributed by atoms with E-state index in [2.05, 4.69) is 30.3 Å². The molecule has 1 aliphatic rings. The van der Waals surface area contributed by atoms with Crippen molar-refractivity contribution in [2.45, 2.75) is 32.7 Å². The molecule has 134 valence electrons. The van der Waals surface area contributed by atoms with Gasteiger partial charge in [0.25, 0.3) is 0 Å². The molecule has 5 heteroatoms. The third-order valence-electron chi connectivity index (χ3n) is 4.50. The van der Waals surface area contributed by atoms with Crippen LogP contribution in [0.3, 0.4) is 0 Å². The number of ether oxygens (including phenoxy) is 2. The number of aliphatic imine (C=N–C) groups is 1. The van der Waals surface area contributed by atoms with E-state index in [4.69, 9.17) is 14.5 Å². The molecule has 5 nitrogen and oxygen atoms in total. The zero-order valence-corrected chi connectivity index (χ0v) is 15.3. The van der Waals surface area contributed by atoms with E-state index >= 15 is 0 Å². The molecule has 1 fully saturated rings. The maximum absolute atomic E-state index is 5.44. The van der Waals surface area contributed by atoms with Crippen LogP contribution in [0.15, 0.2) is 29.3 Å². The number of benzene rings is 1. The molecule has 0 amide bonds. The predicted octanol–water partition coefficient (Wildman–Crippen LogP) is 2.91. The minimum atomic E-state index is 0.619. The third kappa shape index (κ3) is 5.71. The molecule has 1 heterocycles. The molecule has 0 unspecified atom stereocenters. The van der Waals surface area contributed by atoms with Gasteiger partial charge in [-0.05, 0) is 38.2 Å². The van der Waals surface area contributed by atoms with Crippen LogP contribution in [0.25, 0.3) is 0 Å². The average molecular weight is 333 g/mol. The second kappa shape index (κ2) is 10.2. The van der Waals surface area contributed by atoms with Gasteiger partial charge in [-0.15, -0.1) is 0 Å². The van der Waals surface area contributed by atoms with E-state index in [1.807, 2.05) is 18.2 Å². The van der Waals surface area contributed by atoms with E-state index in [0.717, 1.165) is 49.5 Å². The molecule has 0 aromatic heterocycles. The van der Waals surface area contributed by atoms with Gasteiger partial charge in [0.1, 0.15) is 5.75 Å². The number of rotatable bonds is 7. The van der Waals surface area contributed by atoms with E-state index < -0.39 is 0 Å². The zero-order valence-electron chi connectivity index (χ0n) is 15.3. The molecular weight excluding hydrogens is 302 g/mol. The number of nitrogens with one attached hydrogen (secondary N) is 1. The van der Waals surface area contributed by atoms with Crippen molar-refractivity contribution in [2.75, 3.05) is 40.5 Å². The SMILES string of the molecule is CCNC(=NCc1ccccc1OC)N(C)CCC1CCOCC1. The number of hydrogen-bond donors (Lipinski definition) is 1. The fourth-order valence-corrected chi connectivity index (χ4v) is 2.98. The van der Waals surface area contributed by atoms with Crippen molar-refractivity contribution >= 4 is 5.96 Å². The van der Waals surface area contributed by atoms with E-state index in [1.165, 1.54) is 19.3 Å². The van der Waals surface area contributed by atoms with Crippen LogP contribution < -0.4 is 10.1 Å². The molecule has 0 spiro atoms. The van der Waals surface area contributed by atoms with Gasteiger partial charge in [-0.3, -0.25) is 0 Å². The number of methoxy groups -OCH3 is 1. The fourth-order valence-electron chi connectivity index (χ4n) is 2.98. The van der Waals surface area contributed by atoms with Crippen LogP contribution in [0.5, 0.6) is 5.75 Å². The molecule has 0 atom stereocenters. The number of para-hydroxylation sites is 1. The lowest BCUT2D eigenvalue weighted by Gasteiger charge is -2.27. The van der Waals surface area contributed by atoms with Crippen LogP contribution in [0.2, 0.25) is 0 Å². The lowest BCUT2D eigenvalue weighted by atomic mass is 9.96. The smallest absolute Gasteiger partial charge is 0.193 e. The summed E-state index contributed by atoms with van der Waals surface area (Å²) in [5, 5.41) is 3.39. The Morgan fingerprint density at radius 2 is 2.08 bits per heavy atom. The minimum absolute atomic E-state index is 0.619. The van der Waals surface area contributed by atoms with Crippen LogP contribution >= 0.6 is 0 Å². The first-order chi connectivity index (χ1) is 11.7. The maximum Gasteiger partial charge on any atom is 0.193 e. The van der Waals surface area contributed by atoms with E-state index in [1.54, 1.807) is 7.11 Å². The molecule has 1 aromatic carbocycles. The molecule has 2 rings (SSSR count). The molecule has 1 aliphatic heterocycles. The van der Waals surface area contributed by atoms with Gasteiger partial charge in [0.2, 0.25) is 0 Å². The van der Waals surface area contributed by atoms with E-state index in [-0.39, 0.29) is 0 Å². The summed E-state index contributed by atoms with van der Waals surface area (Å²) in [6, 6.07) is 8.05. The van der Waals surface area contributed by atoms with E-state index in [9.17, 15) is 0 Å². The summed E-state index contributed by atoms with van der Waals surface area (Å²) >= 11 is 0. The summed E-state index contributed by atoms with van der Waals surface area (Å²) in [7, 11) is 3.82. The van der Waals surface area contributed by atoms with Crippen LogP contribution in [0.1, 0.15) is 31.7 Å². The summed E-state index contributed by atoms with van der Waals surface area (Å²) in [5.41, 5.74) is 1.10. The van der Waals surface area contributed by atoms with Crippen molar-refractivity contribution in [2.24, 2.45) is 10.9 Å². The molecule has 0 saturated carbocycles. The Kier molecular flexibility index (Phi) is 7.89. The number of nitrogens with zero attached hydrogens (tertiary/aromatic N) is 2. The summed E-state index contributed by atoms with van der Waals surface area (Å²) < 4.78 is 10.9. The van der Waals surface area contributed by atoms with Gasteiger partial charge < -0.3 is 19.7 Å². The molecule has 24 heavy (non-hydrogen) atoms. The van der Waals surface area contributed by atoms with Gasteiger partial charge in [0.05, 0.1) is 13.7 Å². The third-order valence-corrected chi connectivity index (χ3v) is 4.50. The lowest BCUT2D eigenvalue weighted by Crippen LogP contribution is -2.40. The highest BCUT2D eigenvalue weighted by molar-refractivity contribution is 5.79. The first-order valence-corrected chi connectivity index (χ1v) is 8.93. The first kappa shape index (κ1) is 18.6. The molecule has 0 aliphatic carbocycles. The van der Waals surface area contributed by atoms with Gasteiger partial charge in [-0.2, -0.15) is 0 Å². The maximum atomic E-state index is 5.44. The van der Waals surface area contributed by atoms with Crippen molar-refractivity contribution in [3.05, 3.63) is 29.8 Å². The number of hydrogen-bond acceptors (Lipinski definition) is 3. The Labute approximate surface area is 146 Å². The second-order valence-electron chi connectivity index (χ2n) is 6.25. The average Bonchev–Trinajstić information content (AvgIpc) is 2.64. The minimum Gasteiger partial charge on any atom is -0.496 e. The monoisotopic (exact) mass is 333 g/mol. The number of guanidine groups is 1. The van der Waals surface area contributed by atoms with Crippen molar-refractivity contribution in [3.8, 4) is 5.75 Å². The van der Waals surface area contributed by atoms with Gasteiger partial charge in [0.15, 0.2) is 5.96 Å². The van der Waals surface area contributed by atoms with E-state index in [0.29, 0.717) is 6.54 Å². The highest BCUT2D eigenvalue weighted by atomic mass is 16.5. The standard InChI is InChI=1S/C19H31N3O2/c1-4-20-19(21-15-17-7-5-6-8-18(17)23-3)22(2)12-9-16-10-13-24-14-11-16/h5-8,16H,4,9-15H2,1-3H3,(H,20,21). The fraction of sp³-hybridized carbons (Fsp3) is 0.632. The normalized spacial score (nSPS) is 16.0. The Bertz CT molecular complexity index is 513. The van der Waals surface area contributed by atoms with Crippen molar-refractivity contribution in [1.82, 2.24) is 10.2 Å². The van der Waals surface area contributed by atoms with Crippen LogP contribution in [0, 0.1) is 5.92 Å². The Balaban J connectivity index is 1.93. The molecule has 0 radical (unpaired) electrons. The van der Waals surface area contributed by atoms with Gasteiger partial charge in [0, 0.05) is 38.9 Å². The molecule has 1 saturated heterocycles. The van der Waals surface area contributed by atoms with Crippen molar-refractivity contribution in [3.63, 3.8) is 0 Å². The summed E-state index contributed by atoms with van der Waals surface area (Å²) in [4.78, 5) is 7.01. The van der Waals surface area contributed by atoms with Crippen LogP contribution in [-0.4, -0.2) is 51.3 Å². The molecule has 1 N–H and O–H groups in total.